The van der Waals surface area contributed by atoms with Crippen molar-refractivity contribution in [1.82, 2.24) is 15.1 Å². The summed E-state index contributed by atoms with van der Waals surface area (Å²) in [6.07, 6.45) is 2.83. The summed E-state index contributed by atoms with van der Waals surface area (Å²) in [4.78, 5) is 28.2. The van der Waals surface area contributed by atoms with E-state index in [1.54, 1.807) is 43.5 Å². The highest BCUT2D eigenvalue weighted by atomic mass is 35.5. The van der Waals surface area contributed by atoms with E-state index in [4.69, 9.17) is 11.6 Å². The van der Waals surface area contributed by atoms with Gasteiger partial charge in [-0.2, -0.15) is 0 Å². The smallest absolute Gasteiger partial charge is 0.254 e. The molecule has 1 aliphatic rings. The molecule has 0 radical (unpaired) electrons. The van der Waals surface area contributed by atoms with Crippen molar-refractivity contribution in [2.24, 2.45) is 5.41 Å². The molecular weight excluding hydrogens is 519 g/mol. The van der Waals surface area contributed by atoms with Crippen LogP contribution in [-0.2, 0) is 4.79 Å². The van der Waals surface area contributed by atoms with Crippen molar-refractivity contribution in [3.05, 3.63) is 86.5 Å². The number of allylic oxidation sites excluding steroid dienone is 2. The number of anilines is 1. The van der Waals surface area contributed by atoms with E-state index in [2.05, 4.69) is 21.6 Å². The Morgan fingerprint density at radius 3 is 2.64 bits per heavy atom. The first kappa shape index (κ1) is 26.3. The number of aromatic nitrogens is 2. The van der Waals surface area contributed by atoms with Crippen LogP contribution in [0.15, 0.2) is 59.0 Å². The van der Waals surface area contributed by atoms with Crippen LogP contribution in [0.25, 0.3) is 0 Å². The third kappa shape index (κ3) is 5.48. The number of nitrogens with zero attached hydrogens (tertiary/aromatic N) is 3. The van der Waals surface area contributed by atoms with Gasteiger partial charge in [-0.1, -0.05) is 61.1 Å². The van der Waals surface area contributed by atoms with Gasteiger partial charge in [-0.15, -0.1) is 22.0 Å². The summed E-state index contributed by atoms with van der Waals surface area (Å²) in [6, 6.07) is 11.9. The maximum Gasteiger partial charge on any atom is 0.254 e. The number of carbonyl (C=O) groups is 2. The van der Waals surface area contributed by atoms with Gasteiger partial charge in [-0.3, -0.25) is 9.59 Å². The van der Waals surface area contributed by atoms with Crippen molar-refractivity contribution in [3.8, 4) is 0 Å². The Hall–Kier alpha value is -2.75. The maximum atomic E-state index is 14.3. The number of hydrogen-bond acceptors (Lipinski definition) is 6. The number of halogens is 2. The van der Waals surface area contributed by atoms with Gasteiger partial charge in [-0.25, -0.2) is 4.39 Å². The van der Waals surface area contributed by atoms with Crippen LogP contribution in [0.1, 0.15) is 52.9 Å². The molecule has 0 fully saturated rings. The van der Waals surface area contributed by atoms with Crippen molar-refractivity contribution in [1.29, 1.82) is 0 Å². The van der Waals surface area contributed by atoms with Gasteiger partial charge in [0.2, 0.25) is 11.0 Å². The maximum absolute atomic E-state index is 14.3. The SMILES string of the molecule is CN(C)C(=O)c1ccc(C2CC=C([C@@H](c3cccc(F)c3)C(C)(C)C(=O)Nc3nncs3)S2)cc1Cl. The Bertz CT molecular complexity index is 1310. The predicted molar refractivity (Wildman–Crippen MR) is 144 cm³/mol. The summed E-state index contributed by atoms with van der Waals surface area (Å²) in [5.74, 6) is -1.13. The number of rotatable bonds is 7. The Balaban J connectivity index is 1.62. The van der Waals surface area contributed by atoms with Crippen LogP contribution < -0.4 is 5.32 Å². The van der Waals surface area contributed by atoms with Gasteiger partial charge in [0.05, 0.1) is 16.0 Å². The quantitative estimate of drug-likeness (QED) is 0.365. The van der Waals surface area contributed by atoms with Crippen molar-refractivity contribution in [2.75, 3.05) is 19.4 Å². The normalized spacial score (nSPS) is 16.4. The van der Waals surface area contributed by atoms with Crippen LogP contribution in [0.3, 0.4) is 0 Å². The number of hydrogen-bond donors (Lipinski definition) is 1. The first-order valence-electron chi connectivity index (χ1n) is 11.3. The minimum absolute atomic E-state index is 0.0547. The number of benzene rings is 2. The lowest BCUT2D eigenvalue weighted by Crippen LogP contribution is -2.37. The lowest BCUT2D eigenvalue weighted by Gasteiger charge is -2.34. The second kappa shape index (κ2) is 10.7. The van der Waals surface area contributed by atoms with E-state index in [-0.39, 0.29) is 28.8 Å². The second-order valence-electron chi connectivity index (χ2n) is 9.30. The number of carbonyl (C=O) groups excluding carboxylic acids is 2. The molecule has 2 amide bonds. The van der Waals surface area contributed by atoms with E-state index in [1.807, 2.05) is 32.0 Å². The van der Waals surface area contributed by atoms with Crippen molar-refractivity contribution >= 4 is 51.6 Å². The fourth-order valence-corrected chi connectivity index (χ4v) is 6.53. The molecule has 0 aliphatic carbocycles. The minimum atomic E-state index is -0.924. The average molecular weight is 545 g/mol. The Kier molecular flexibility index (Phi) is 7.82. The van der Waals surface area contributed by atoms with Crippen molar-refractivity contribution in [3.63, 3.8) is 0 Å². The van der Waals surface area contributed by atoms with Crippen LogP contribution in [0, 0.1) is 11.2 Å². The van der Waals surface area contributed by atoms with Gasteiger partial charge in [0.25, 0.3) is 5.91 Å². The molecule has 1 aromatic heterocycles. The molecule has 0 bridgehead atoms. The highest BCUT2D eigenvalue weighted by molar-refractivity contribution is 8.03. The van der Waals surface area contributed by atoms with Crippen molar-refractivity contribution < 1.29 is 14.0 Å². The van der Waals surface area contributed by atoms with E-state index >= 15 is 0 Å². The third-order valence-corrected chi connectivity index (χ3v) is 8.51. The van der Waals surface area contributed by atoms with Gasteiger partial charge >= 0.3 is 0 Å². The molecule has 36 heavy (non-hydrogen) atoms. The molecular formula is C26H26ClFN4O2S2. The molecule has 2 heterocycles. The Labute approximate surface area is 223 Å². The third-order valence-electron chi connectivity index (χ3n) is 6.17. The van der Waals surface area contributed by atoms with Gasteiger partial charge in [0, 0.05) is 25.3 Å². The van der Waals surface area contributed by atoms with Crippen LogP contribution in [-0.4, -0.2) is 41.0 Å². The molecule has 6 nitrogen and oxygen atoms in total. The summed E-state index contributed by atoms with van der Waals surface area (Å²) in [5.41, 5.74) is 2.79. The zero-order valence-electron chi connectivity index (χ0n) is 20.3. The van der Waals surface area contributed by atoms with Crippen molar-refractivity contribution in [2.45, 2.75) is 31.4 Å². The molecule has 3 aromatic rings. The molecule has 1 aliphatic heterocycles. The van der Waals surface area contributed by atoms with E-state index in [1.165, 1.54) is 28.4 Å². The largest absolute Gasteiger partial charge is 0.345 e. The summed E-state index contributed by atoms with van der Waals surface area (Å²) in [7, 11) is 3.37. The van der Waals surface area contributed by atoms with E-state index < -0.39 is 5.41 Å². The minimum Gasteiger partial charge on any atom is -0.345 e. The topological polar surface area (TPSA) is 75.2 Å². The van der Waals surface area contributed by atoms with E-state index in [0.29, 0.717) is 15.7 Å². The number of nitrogens with one attached hydrogen (secondary N) is 1. The first-order valence-corrected chi connectivity index (χ1v) is 13.4. The summed E-state index contributed by atoms with van der Waals surface area (Å²) < 4.78 is 14.3. The monoisotopic (exact) mass is 544 g/mol. The molecule has 1 N–H and O–H groups in total. The summed E-state index contributed by atoms with van der Waals surface area (Å²) in [6.45, 7) is 3.71. The number of amides is 2. The van der Waals surface area contributed by atoms with Crippen LogP contribution in [0.5, 0.6) is 0 Å². The molecule has 1 unspecified atom stereocenters. The second-order valence-corrected chi connectivity index (χ2v) is 11.8. The van der Waals surface area contributed by atoms with Crippen LogP contribution in [0.4, 0.5) is 9.52 Å². The van der Waals surface area contributed by atoms with Gasteiger partial charge in [0.1, 0.15) is 11.3 Å². The fourth-order valence-electron chi connectivity index (χ4n) is 4.26. The first-order chi connectivity index (χ1) is 17.1. The summed E-state index contributed by atoms with van der Waals surface area (Å²) >= 11 is 9.34. The van der Waals surface area contributed by atoms with Crippen LogP contribution in [0.2, 0.25) is 5.02 Å². The standard InChI is InChI=1S/C26H26ClFN4O2S2/c1-26(2,24(34)30-25-31-29-14-35-25)22(16-6-5-7-17(28)12-16)21-11-10-20(36-21)15-8-9-18(19(27)13-15)23(33)32(3)4/h5-9,11-14,20,22H,10H2,1-4H3,(H,30,31,34)/t20?,22-/m1/s1. The zero-order valence-corrected chi connectivity index (χ0v) is 22.7. The van der Waals surface area contributed by atoms with E-state index in [9.17, 15) is 14.0 Å². The Morgan fingerprint density at radius 2 is 2.00 bits per heavy atom. The molecule has 0 spiro atoms. The molecule has 2 aromatic carbocycles. The lowest BCUT2D eigenvalue weighted by molar-refractivity contribution is -0.124. The average Bonchev–Trinajstić information content (AvgIpc) is 3.51. The Morgan fingerprint density at radius 1 is 1.22 bits per heavy atom. The molecule has 188 valence electrons. The van der Waals surface area contributed by atoms with Gasteiger partial charge in [0.15, 0.2) is 0 Å². The van der Waals surface area contributed by atoms with E-state index in [0.717, 1.165) is 22.5 Å². The zero-order chi connectivity index (χ0) is 26.0. The van der Waals surface area contributed by atoms with Crippen LogP contribution >= 0.6 is 34.7 Å². The lowest BCUT2D eigenvalue weighted by atomic mass is 9.73. The molecule has 0 saturated heterocycles. The fraction of sp³-hybridized carbons (Fsp3) is 0.308. The molecule has 2 atom stereocenters. The van der Waals surface area contributed by atoms with Gasteiger partial charge < -0.3 is 10.2 Å². The van der Waals surface area contributed by atoms with Gasteiger partial charge in [-0.05, 0) is 46.7 Å². The molecule has 0 saturated carbocycles. The predicted octanol–water partition coefficient (Wildman–Crippen LogP) is 6.54. The highest BCUT2D eigenvalue weighted by Crippen LogP contribution is 2.54. The summed E-state index contributed by atoms with van der Waals surface area (Å²) in [5, 5.41) is 11.4. The number of thioether (sulfide) groups is 1. The highest BCUT2D eigenvalue weighted by Gasteiger charge is 2.42. The molecule has 10 heteroatoms. The molecule has 4 rings (SSSR count).